The standard InChI is InChI=1S/C15H16FN3O3/c1-22-14(20)3-2-9-19-10-8-13(18-19)17-15(21)11-4-6-12(16)7-5-11/h4-8,10H,2-3,9H2,1H3,(H,17,18,21). The summed E-state index contributed by atoms with van der Waals surface area (Å²) in [5.74, 6) is -0.629. The zero-order chi connectivity index (χ0) is 15.9. The van der Waals surface area contributed by atoms with E-state index in [0.717, 1.165) is 0 Å². The maximum atomic E-state index is 12.8. The fourth-order valence-electron chi connectivity index (χ4n) is 1.83. The van der Waals surface area contributed by atoms with Crippen LogP contribution in [0, 0.1) is 5.82 Å². The molecule has 0 unspecified atom stereocenters. The third kappa shape index (κ3) is 4.41. The van der Waals surface area contributed by atoms with E-state index < -0.39 is 5.82 Å². The van der Waals surface area contributed by atoms with Gasteiger partial charge >= 0.3 is 5.97 Å². The average Bonchev–Trinajstić information content (AvgIpc) is 2.95. The fourth-order valence-corrected chi connectivity index (χ4v) is 1.83. The van der Waals surface area contributed by atoms with E-state index in [2.05, 4.69) is 15.2 Å². The number of carbonyl (C=O) groups is 2. The Labute approximate surface area is 126 Å². The first kappa shape index (κ1) is 15.7. The van der Waals surface area contributed by atoms with Crippen molar-refractivity contribution >= 4 is 17.7 Å². The number of nitrogens with one attached hydrogen (secondary N) is 1. The highest BCUT2D eigenvalue weighted by Crippen LogP contribution is 2.08. The maximum absolute atomic E-state index is 12.8. The number of amides is 1. The number of anilines is 1. The van der Waals surface area contributed by atoms with Gasteiger partial charge < -0.3 is 10.1 Å². The minimum absolute atomic E-state index is 0.267. The second kappa shape index (κ2) is 7.35. The van der Waals surface area contributed by atoms with Gasteiger partial charge in [-0.25, -0.2) is 4.39 Å². The summed E-state index contributed by atoms with van der Waals surface area (Å²) in [4.78, 5) is 22.9. The molecule has 1 aromatic heterocycles. The zero-order valence-corrected chi connectivity index (χ0v) is 12.1. The van der Waals surface area contributed by atoms with E-state index in [4.69, 9.17) is 0 Å². The second-order valence-electron chi connectivity index (χ2n) is 4.60. The Morgan fingerprint density at radius 3 is 2.68 bits per heavy atom. The van der Waals surface area contributed by atoms with Crippen molar-refractivity contribution in [1.82, 2.24) is 9.78 Å². The largest absolute Gasteiger partial charge is 0.469 e. The number of esters is 1. The van der Waals surface area contributed by atoms with E-state index in [0.29, 0.717) is 30.8 Å². The molecule has 1 N–H and O–H groups in total. The van der Waals surface area contributed by atoms with Gasteiger partial charge in [0.2, 0.25) is 0 Å². The molecule has 0 radical (unpaired) electrons. The SMILES string of the molecule is COC(=O)CCCn1ccc(NC(=O)c2ccc(F)cc2)n1. The molecule has 6 nitrogen and oxygen atoms in total. The van der Waals surface area contributed by atoms with Gasteiger partial charge in [0.05, 0.1) is 7.11 Å². The number of benzene rings is 1. The molecule has 0 atom stereocenters. The first-order valence-corrected chi connectivity index (χ1v) is 6.75. The Kier molecular flexibility index (Phi) is 5.24. The topological polar surface area (TPSA) is 73.2 Å². The molecule has 1 heterocycles. The third-order valence-corrected chi connectivity index (χ3v) is 2.98. The number of methoxy groups -OCH3 is 1. The van der Waals surface area contributed by atoms with Crippen molar-refractivity contribution in [1.29, 1.82) is 0 Å². The normalized spacial score (nSPS) is 10.3. The molecule has 0 aliphatic heterocycles. The van der Waals surface area contributed by atoms with Crippen LogP contribution in [-0.2, 0) is 16.1 Å². The van der Waals surface area contributed by atoms with Gasteiger partial charge in [-0.15, -0.1) is 0 Å². The molecular formula is C15H16FN3O3. The van der Waals surface area contributed by atoms with Crippen LogP contribution in [0.15, 0.2) is 36.5 Å². The van der Waals surface area contributed by atoms with Gasteiger partial charge in [-0.05, 0) is 30.7 Å². The van der Waals surface area contributed by atoms with Gasteiger partial charge in [-0.1, -0.05) is 0 Å². The summed E-state index contributed by atoms with van der Waals surface area (Å²) in [6.07, 6.45) is 2.62. The quantitative estimate of drug-likeness (QED) is 0.831. The van der Waals surface area contributed by atoms with E-state index in [-0.39, 0.29) is 11.9 Å². The molecule has 0 aliphatic carbocycles. The molecule has 0 saturated heterocycles. The van der Waals surface area contributed by atoms with Crippen LogP contribution >= 0.6 is 0 Å². The molecule has 22 heavy (non-hydrogen) atoms. The highest BCUT2D eigenvalue weighted by Gasteiger charge is 2.08. The Morgan fingerprint density at radius 2 is 2.00 bits per heavy atom. The molecule has 0 aliphatic rings. The van der Waals surface area contributed by atoms with Crippen molar-refractivity contribution in [2.75, 3.05) is 12.4 Å². The van der Waals surface area contributed by atoms with Crippen molar-refractivity contribution in [2.24, 2.45) is 0 Å². The molecule has 1 aromatic carbocycles. The molecule has 7 heteroatoms. The van der Waals surface area contributed by atoms with E-state index in [9.17, 15) is 14.0 Å². The predicted octanol–water partition coefficient (Wildman–Crippen LogP) is 2.23. The Morgan fingerprint density at radius 1 is 1.27 bits per heavy atom. The Bertz CT molecular complexity index is 652. The van der Waals surface area contributed by atoms with Crippen LogP contribution in [0.25, 0.3) is 0 Å². The first-order chi connectivity index (χ1) is 10.6. The third-order valence-electron chi connectivity index (χ3n) is 2.98. The number of carbonyl (C=O) groups excluding carboxylic acids is 2. The van der Waals surface area contributed by atoms with Crippen molar-refractivity contribution in [3.8, 4) is 0 Å². The second-order valence-corrected chi connectivity index (χ2v) is 4.60. The minimum atomic E-state index is -0.397. The molecule has 2 aromatic rings. The fraction of sp³-hybridized carbons (Fsp3) is 0.267. The first-order valence-electron chi connectivity index (χ1n) is 6.75. The van der Waals surface area contributed by atoms with Crippen LogP contribution in [0.2, 0.25) is 0 Å². The summed E-state index contributed by atoms with van der Waals surface area (Å²) in [7, 11) is 1.35. The van der Waals surface area contributed by atoms with Crippen molar-refractivity contribution < 1.29 is 18.7 Å². The van der Waals surface area contributed by atoms with Crippen molar-refractivity contribution in [2.45, 2.75) is 19.4 Å². The van der Waals surface area contributed by atoms with Gasteiger partial charge in [0.1, 0.15) is 5.82 Å². The van der Waals surface area contributed by atoms with Gasteiger partial charge in [-0.3, -0.25) is 14.3 Å². The molecule has 0 saturated carbocycles. The van der Waals surface area contributed by atoms with Gasteiger partial charge in [-0.2, -0.15) is 5.10 Å². The summed E-state index contributed by atoms with van der Waals surface area (Å²) >= 11 is 0. The maximum Gasteiger partial charge on any atom is 0.305 e. The van der Waals surface area contributed by atoms with E-state index in [1.807, 2.05) is 0 Å². The van der Waals surface area contributed by atoms with Gasteiger partial charge in [0.25, 0.3) is 5.91 Å². The molecular weight excluding hydrogens is 289 g/mol. The van der Waals surface area contributed by atoms with Crippen LogP contribution in [0.4, 0.5) is 10.2 Å². The highest BCUT2D eigenvalue weighted by atomic mass is 19.1. The van der Waals surface area contributed by atoms with Crippen LogP contribution in [0.5, 0.6) is 0 Å². The Hall–Kier alpha value is -2.70. The summed E-state index contributed by atoms with van der Waals surface area (Å²) in [6, 6.07) is 6.90. The predicted molar refractivity (Wildman–Crippen MR) is 77.8 cm³/mol. The number of nitrogens with zero attached hydrogens (tertiary/aromatic N) is 2. The van der Waals surface area contributed by atoms with Crippen LogP contribution in [-0.4, -0.2) is 28.8 Å². The number of rotatable bonds is 6. The zero-order valence-electron chi connectivity index (χ0n) is 12.1. The van der Waals surface area contributed by atoms with E-state index in [1.165, 1.54) is 31.4 Å². The lowest BCUT2D eigenvalue weighted by Gasteiger charge is -2.03. The van der Waals surface area contributed by atoms with Crippen molar-refractivity contribution in [3.63, 3.8) is 0 Å². The number of hydrogen-bond donors (Lipinski definition) is 1. The molecule has 2 rings (SSSR count). The lowest BCUT2D eigenvalue weighted by atomic mass is 10.2. The number of aryl methyl sites for hydroxylation is 1. The summed E-state index contributed by atoms with van der Waals surface area (Å²) < 4.78 is 19.0. The number of aromatic nitrogens is 2. The number of hydrogen-bond acceptors (Lipinski definition) is 4. The summed E-state index contributed by atoms with van der Waals surface area (Å²) in [6.45, 7) is 0.543. The van der Waals surface area contributed by atoms with Crippen LogP contribution in [0.1, 0.15) is 23.2 Å². The summed E-state index contributed by atoms with van der Waals surface area (Å²) in [5, 5.41) is 6.80. The van der Waals surface area contributed by atoms with Gasteiger partial charge in [0, 0.05) is 30.8 Å². The minimum Gasteiger partial charge on any atom is -0.469 e. The van der Waals surface area contributed by atoms with Crippen LogP contribution in [0.3, 0.4) is 0 Å². The molecule has 116 valence electrons. The van der Waals surface area contributed by atoms with Gasteiger partial charge in [0.15, 0.2) is 5.82 Å². The van der Waals surface area contributed by atoms with Crippen LogP contribution < -0.4 is 5.32 Å². The molecule has 0 bridgehead atoms. The Balaban J connectivity index is 1.87. The van der Waals surface area contributed by atoms with E-state index in [1.54, 1.807) is 16.9 Å². The monoisotopic (exact) mass is 305 g/mol. The smallest absolute Gasteiger partial charge is 0.305 e. The van der Waals surface area contributed by atoms with E-state index >= 15 is 0 Å². The number of ether oxygens (including phenoxy) is 1. The van der Waals surface area contributed by atoms with Crippen molar-refractivity contribution in [3.05, 3.63) is 47.9 Å². The highest BCUT2D eigenvalue weighted by molar-refractivity contribution is 6.03. The molecule has 0 spiro atoms. The number of halogens is 1. The molecule has 1 amide bonds. The summed E-state index contributed by atoms with van der Waals surface area (Å²) in [5.41, 5.74) is 0.349. The molecule has 0 fully saturated rings. The lowest BCUT2D eigenvalue weighted by Crippen LogP contribution is -2.13. The lowest BCUT2D eigenvalue weighted by molar-refractivity contribution is -0.140. The average molecular weight is 305 g/mol.